The molecule has 0 spiro atoms. The Morgan fingerprint density at radius 1 is 1.39 bits per heavy atom. The molecule has 2 fully saturated rings. The van der Waals surface area contributed by atoms with Gasteiger partial charge < -0.3 is 9.80 Å². The highest BCUT2D eigenvalue weighted by molar-refractivity contribution is 5.77. The maximum absolute atomic E-state index is 14.7. The summed E-state index contributed by atoms with van der Waals surface area (Å²) in [5.41, 5.74) is 1.75. The molecule has 2 aliphatic heterocycles. The van der Waals surface area contributed by atoms with Gasteiger partial charge in [-0.05, 0) is 76.5 Å². The molecule has 0 aliphatic carbocycles. The molecule has 1 aromatic rings. The first kappa shape index (κ1) is 23.1. The molecule has 6 heteroatoms. The van der Waals surface area contributed by atoms with Gasteiger partial charge >= 0.3 is 0 Å². The Hall–Kier alpha value is -2.52. The predicted octanol–water partition coefficient (Wildman–Crippen LogP) is 4.75. The standard InChI is InChI=1S/C25H33FN4O/c1-5-6-20-21(13-23(26)22(14-27)25(20)28-3)19-11-17(2)15-30(16-19)24(31)12-18-7-9-29(4)10-8-18/h5-6,13,17-19H,3,7-12,15-16H2,1-2,4H3/b6-5-/t17-,19+/m1/s1. The normalized spacial score (nSPS) is 23.1. The lowest BCUT2D eigenvalue weighted by Gasteiger charge is -2.38. The van der Waals surface area contributed by atoms with Crippen LogP contribution in [0.25, 0.3) is 6.08 Å². The lowest BCUT2D eigenvalue weighted by atomic mass is 9.81. The SMILES string of the molecule is C=Nc1c(C#N)c(F)cc([C@H]2C[C@@H](C)CN(C(=O)CC3CCN(C)CC3)C2)c1/C=C\C. The summed E-state index contributed by atoms with van der Waals surface area (Å²) in [7, 11) is 2.13. The predicted molar refractivity (Wildman–Crippen MR) is 123 cm³/mol. The summed E-state index contributed by atoms with van der Waals surface area (Å²) in [6, 6.07) is 3.38. The van der Waals surface area contributed by atoms with Crippen molar-refractivity contribution >= 4 is 24.4 Å². The van der Waals surface area contributed by atoms with E-state index < -0.39 is 5.82 Å². The number of hydrogen-bond donors (Lipinski definition) is 0. The highest BCUT2D eigenvalue weighted by Crippen LogP contribution is 2.39. The van der Waals surface area contributed by atoms with Gasteiger partial charge in [-0.15, -0.1) is 0 Å². The molecule has 3 rings (SSSR count). The van der Waals surface area contributed by atoms with E-state index in [1.54, 1.807) is 0 Å². The summed E-state index contributed by atoms with van der Waals surface area (Å²) in [6.07, 6.45) is 7.32. The number of nitriles is 1. The van der Waals surface area contributed by atoms with Crippen LogP contribution in [0.5, 0.6) is 0 Å². The average molecular weight is 425 g/mol. The molecule has 0 bridgehead atoms. The third kappa shape index (κ3) is 5.22. The maximum Gasteiger partial charge on any atom is 0.222 e. The highest BCUT2D eigenvalue weighted by atomic mass is 19.1. The lowest BCUT2D eigenvalue weighted by molar-refractivity contribution is -0.134. The number of rotatable bonds is 5. The minimum absolute atomic E-state index is 0.000804. The fourth-order valence-corrected chi connectivity index (χ4v) is 5.04. The second kappa shape index (κ2) is 10.2. The minimum atomic E-state index is -0.574. The van der Waals surface area contributed by atoms with E-state index in [1.807, 2.05) is 30.0 Å². The molecule has 5 nitrogen and oxygen atoms in total. The van der Waals surface area contributed by atoms with Gasteiger partial charge in [0.05, 0.1) is 5.69 Å². The van der Waals surface area contributed by atoms with E-state index in [9.17, 15) is 14.4 Å². The van der Waals surface area contributed by atoms with Crippen LogP contribution in [0, 0.1) is 29.0 Å². The number of carbonyl (C=O) groups is 1. The average Bonchev–Trinajstić information content (AvgIpc) is 2.75. The highest BCUT2D eigenvalue weighted by Gasteiger charge is 2.32. The molecule has 2 saturated heterocycles. The first-order chi connectivity index (χ1) is 14.9. The Morgan fingerprint density at radius 3 is 2.71 bits per heavy atom. The number of allylic oxidation sites excluding steroid dienone is 1. The second-order valence-electron chi connectivity index (χ2n) is 9.14. The van der Waals surface area contributed by atoms with Gasteiger partial charge in [0.15, 0.2) is 0 Å². The van der Waals surface area contributed by atoms with Crippen molar-refractivity contribution in [3.63, 3.8) is 0 Å². The molecule has 166 valence electrons. The van der Waals surface area contributed by atoms with E-state index in [0.717, 1.165) is 50.0 Å². The molecule has 31 heavy (non-hydrogen) atoms. The molecular formula is C25H33FN4O. The van der Waals surface area contributed by atoms with Crippen LogP contribution in [-0.4, -0.2) is 55.7 Å². The maximum atomic E-state index is 14.7. The van der Waals surface area contributed by atoms with Gasteiger partial charge in [0.2, 0.25) is 5.91 Å². The topological polar surface area (TPSA) is 59.7 Å². The van der Waals surface area contributed by atoms with Gasteiger partial charge in [-0.3, -0.25) is 9.79 Å². The summed E-state index contributed by atoms with van der Waals surface area (Å²) in [5.74, 6) is 0.393. The summed E-state index contributed by atoms with van der Waals surface area (Å²) in [6.45, 7) is 11.0. The van der Waals surface area contributed by atoms with Crippen LogP contribution >= 0.6 is 0 Å². The Kier molecular flexibility index (Phi) is 7.61. The van der Waals surface area contributed by atoms with E-state index in [2.05, 4.69) is 30.6 Å². The van der Waals surface area contributed by atoms with Crippen molar-refractivity contribution in [1.82, 2.24) is 9.80 Å². The molecule has 0 saturated carbocycles. The molecule has 2 atom stereocenters. The van der Waals surface area contributed by atoms with Crippen LogP contribution in [0.2, 0.25) is 0 Å². The van der Waals surface area contributed by atoms with Gasteiger partial charge in [-0.25, -0.2) is 4.39 Å². The van der Waals surface area contributed by atoms with E-state index in [4.69, 9.17) is 0 Å². The Morgan fingerprint density at radius 2 is 2.10 bits per heavy atom. The fraction of sp³-hybridized carbons (Fsp3) is 0.560. The molecule has 2 aliphatic rings. The quantitative estimate of drug-likeness (QED) is 0.641. The number of nitrogens with zero attached hydrogens (tertiary/aromatic N) is 4. The number of carbonyl (C=O) groups excluding carboxylic acids is 1. The molecule has 1 aromatic carbocycles. The van der Waals surface area contributed by atoms with E-state index in [0.29, 0.717) is 24.8 Å². The van der Waals surface area contributed by atoms with Crippen LogP contribution in [-0.2, 0) is 4.79 Å². The zero-order valence-electron chi connectivity index (χ0n) is 18.9. The molecular weight excluding hydrogens is 391 g/mol. The fourth-order valence-electron chi connectivity index (χ4n) is 5.04. The lowest BCUT2D eigenvalue weighted by Crippen LogP contribution is -2.44. The van der Waals surface area contributed by atoms with E-state index in [1.165, 1.54) is 6.07 Å². The van der Waals surface area contributed by atoms with Gasteiger partial charge in [0.25, 0.3) is 0 Å². The Balaban J connectivity index is 1.86. The third-order valence-electron chi connectivity index (χ3n) is 6.68. The molecule has 0 aromatic heterocycles. The second-order valence-corrected chi connectivity index (χ2v) is 9.14. The Bertz CT molecular complexity index is 896. The number of amides is 1. The van der Waals surface area contributed by atoms with Crippen molar-refractivity contribution in [2.24, 2.45) is 16.8 Å². The van der Waals surface area contributed by atoms with E-state index in [-0.39, 0.29) is 23.1 Å². The van der Waals surface area contributed by atoms with Crippen LogP contribution in [0.4, 0.5) is 10.1 Å². The van der Waals surface area contributed by atoms with Gasteiger partial charge in [-0.1, -0.05) is 19.1 Å². The van der Waals surface area contributed by atoms with Crippen LogP contribution in [0.1, 0.15) is 62.1 Å². The first-order valence-electron chi connectivity index (χ1n) is 11.2. The van der Waals surface area contributed by atoms with Gasteiger partial charge in [0.1, 0.15) is 17.4 Å². The van der Waals surface area contributed by atoms with Crippen molar-refractivity contribution in [1.29, 1.82) is 5.26 Å². The Labute approximate surface area is 185 Å². The van der Waals surface area contributed by atoms with Gasteiger partial charge in [0, 0.05) is 31.0 Å². The molecule has 0 unspecified atom stereocenters. The summed E-state index contributed by atoms with van der Waals surface area (Å²) in [5, 5.41) is 9.40. The number of benzene rings is 1. The molecule has 0 radical (unpaired) electrons. The summed E-state index contributed by atoms with van der Waals surface area (Å²) < 4.78 is 14.7. The number of likely N-dealkylation sites (tertiary alicyclic amines) is 2. The molecule has 0 N–H and O–H groups in total. The molecule has 1 amide bonds. The minimum Gasteiger partial charge on any atom is -0.342 e. The van der Waals surface area contributed by atoms with Crippen LogP contribution < -0.4 is 0 Å². The summed E-state index contributed by atoms with van der Waals surface area (Å²) in [4.78, 5) is 21.4. The zero-order valence-corrected chi connectivity index (χ0v) is 18.9. The van der Waals surface area contributed by atoms with Crippen molar-refractivity contribution in [3.05, 3.63) is 34.6 Å². The number of halogens is 1. The molecule has 2 heterocycles. The van der Waals surface area contributed by atoms with Crippen molar-refractivity contribution in [2.75, 3.05) is 33.2 Å². The zero-order chi connectivity index (χ0) is 22.5. The largest absolute Gasteiger partial charge is 0.342 e. The number of piperidine rings is 2. The number of hydrogen-bond acceptors (Lipinski definition) is 4. The van der Waals surface area contributed by atoms with Crippen molar-refractivity contribution in [2.45, 2.75) is 45.4 Å². The third-order valence-corrected chi connectivity index (χ3v) is 6.68. The van der Waals surface area contributed by atoms with Gasteiger partial charge in [-0.2, -0.15) is 5.26 Å². The van der Waals surface area contributed by atoms with Crippen molar-refractivity contribution in [3.8, 4) is 6.07 Å². The van der Waals surface area contributed by atoms with Crippen LogP contribution in [0.15, 0.2) is 17.1 Å². The van der Waals surface area contributed by atoms with E-state index >= 15 is 0 Å². The smallest absolute Gasteiger partial charge is 0.222 e. The monoisotopic (exact) mass is 424 g/mol. The van der Waals surface area contributed by atoms with Crippen molar-refractivity contribution < 1.29 is 9.18 Å². The summed E-state index contributed by atoms with van der Waals surface area (Å²) >= 11 is 0. The van der Waals surface area contributed by atoms with Crippen LogP contribution in [0.3, 0.4) is 0 Å². The first-order valence-corrected chi connectivity index (χ1v) is 11.2. The number of aliphatic imine (C=N–C) groups is 1.